The molecular weight excluding hydrogens is 450 g/mol. The average molecular weight is 488 g/mol. The van der Waals surface area contributed by atoms with Gasteiger partial charge in [-0.15, -0.1) is 0 Å². The highest BCUT2D eigenvalue weighted by molar-refractivity contribution is 5.76. The smallest absolute Gasteiger partial charge is 0.217 e. The van der Waals surface area contributed by atoms with Crippen molar-refractivity contribution in [3.05, 3.63) is 59.2 Å². The summed E-state index contributed by atoms with van der Waals surface area (Å²) in [4.78, 5) is 18.0. The Morgan fingerprint density at radius 2 is 1.97 bits per heavy atom. The summed E-state index contributed by atoms with van der Waals surface area (Å²) in [6, 6.07) is 15.0. The van der Waals surface area contributed by atoms with E-state index in [1.807, 2.05) is 6.07 Å². The van der Waals surface area contributed by atoms with E-state index in [-0.39, 0.29) is 40.8 Å². The number of ether oxygens (including phenoxy) is 1. The first kappa shape index (κ1) is 22.6. The van der Waals surface area contributed by atoms with Crippen LogP contribution >= 0.6 is 0 Å². The Bertz CT molecular complexity index is 1200. The second-order valence-electron chi connectivity index (χ2n) is 12.0. The molecule has 5 atom stereocenters. The summed E-state index contributed by atoms with van der Waals surface area (Å²) in [7, 11) is 2.20. The Morgan fingerprint density at radius 1 is 1.17 bits per heavy atom. The first-order valence-electron chi connectivity index (χ1n) is 13.7. The Balaban J connectivity index is 1.36. The second-order valence-corrected chi connectivity index (χ2v) is 12.0. The normalized spacial score (nSPS) is 34.2. The van der Waals surface area contributed by atoms with Gasteiger partial charge >= 0.3 is 0 Å². The third kappa shape index (κ3) is 3.07. The van der Waals surface area contributed by atoms with Crippen LogP contribution in [0.15, 0.2) is 42.5 Å². The van der Waals surface area contributed by atoms with Crippen molar-refractivity contribution >= 4 is 5.91 Å². The maximum atomic E-state index is 12.9. The summed E-state index contributed by atoms with van der Waals surface area (Å²) in [5.41, 5.74) is 3.05. The number of likely N-dealkylation sites (N-methyl/N-ethyl adjacent to an activating group) is 1. The molecule has 36 heavy (non-hydrogen) atoms. The standard InChI is InChI=1S/C30H37N3O3/c1-19(34)31-30-13-12-23(32(2)17-20-6-4-3-5-7-20)28-29(30)14-15-33(18-21-8-9-21)25(30)16-22-10-11-24(35)27(36-28)26(22)29/h3-7,10-11,21,23,25,28,35H,8-9,12-18H2,1-2H3,(H,31,34)/t23-,25-,28+,29+,30-/m1/s1. The van der Waals surface area contributed by atoms with Crippen LogP contribution in [0.4, 0.5) is 0 Å². The lowest BCUT2D eigenvalue weighted by molar-refractivity contribution is -0.139. The van der Waals surface area contributed by atoms with Crippen molar-refractivity contribution in [2.45, 2.75) is 81.1 Å². The van der Waals surface area contributed by atoms with Gasteiger partial charge in [-0.3, -0.25) is 14.6 Å². The molecule has 7 rings (SSSR count). The van der Waals surface area contributed by atoms with Gasteiger partial charge in [0.2, 0.25) is 5.91 Å². The maximum Gasteiger partial charge on any atom is 0.217 e. The number of aromatic hydroxyl groups is 1. The van der Waals surface area contributed by atoms with E-state index in [2.05, 4.69) is 58.6 Å². The molecule has 2 saturated carbocycles. The number of carbonyl (C=O) groups is 1. The minimum absolute atomic E-state index is 0.0412. The van der Waals surface area contributed by atoms with Crippen LogP contribution in [0.2, 0.25) is 0 Å². The lowest BCUT2D eigenvalue weighted by Gasteiger charge is -2.67. The largest absolute Gasteiger partial charge is 0.504 e. The molecule has 5 aliphatic rings. The van der Waals surface area contributed by atoms with Gasteiger partial charge in [-0.2, -0.15) is 0 Å². The predicted molar refractivity (Wildman–Crippen MR) is 138 cm³/mol. The lowest BCUT2D eigenvalue weighted by atomic mass is 9.46. The zero-order chi connectivity index (χ0) is 24.7. The number of rotatable bonds is 6. The molecule has 0 aromatic heterocycles. The molecule has 6 nitrogen and oxygen atoms in total. The first-order chi connectivity index (χ1) is 17.4. The molecule has 0 radical (unpaired) electrons. The summed E-state index contributed by atoms with van der Waals surface area (Å²) in [6.07, 6.45) is 6.27. The summed E-state index contributed by atoms with van der Waals surface area (Å²) in [6.45, 7) is 4.67. The maximum absolute atomic E-state index is 12.9. The zero-order valence-corrected chi connectivity index (χ0v) is 21.4. The topological polar surface area (TPSA) is 65.0 Å². The van der Waals surface area contributed by atoms with E-state index in [4.69, 9.17) is 4.74 Å². The average Bonchev–Trinajstić information content (AvgIpc) is 3.60. The number of nitrogens with one attached hydrogen (secondary N) is 1. The highest BCUT2D eigenvalue weighted by atomic mass is 16.5. The van der Waals surface area contributed by atoms with Crippen LogP contribution in [0.5, 0.6) is 11.5 Å². The number of benzene rings is 2. The van der Waals surface area contributed by atoms with Gasteiger partial charge in [0.05, 0.1) is 11.0 Å². The molecule has 1 amide bonds. The van der Waals surface area contributed by atoms with Crippen LogP contribution in [0.1, 0.15) is 55.7 Å². The highest BCUT2D eigenvalue weighted by Gasteiger charge is 2.73. The molecule has 2 aliphatic heterocycles. The Kier molecular flexibility index (Phi) is 5.00. The molecule has 3 fully saturated rings. The highest BCUT2D eigenvalue weighted by Crippen LogP contribution is 2.66. The van der Waals surface area contributed by atoms with Crippen molar-refractivity contribution in [3.63, 3.8) is 0 Å². The molecule has 2 aromatic carbocycles. The molecule has 2 N–H and O–H groups in total. The molecule has 3 aliphatic carbocycles. The van der Waals surface area contributed by atoms with E-state index in [0.717, 1.165) is 51.2 Å². The van der Waals surface area contributed by atoms with Crippen LogP contribution < -0.4 is 10.1 Å². The van der Waals surface area contributed by atoms with Crippen LogP contribution in [0.25, 0.3) is 0 Å². The molecule has 0 unspecified atom stereocenters. The number of likely N-dealkylation sites (tertiary alicyclic amines) is 1. The predicted octanol–water partition coefficient (Wildman–Crippen LogP) is 3.60. The van der Waals surface area contributed by atoms with Gasteiger partial charge in [-0.05, 0) is 75.2 Å². The summed E-state index contributed by atoms with van der Waals surface area (Å²) >= 11 is 0. The minimum Gasteiger partial charge on any atom is -0.504 e. The number of carbonyl (C=O) groups excluding carboxylic acids is 1. The molecular formula is C30H37N3O3. The third-order valence-corrected chi connectivity index (χ3v) is 10.0. The number of phenols is 1. The van der Waals surface area contributed by atoms with Crippen LogP contribution in [-0.4, -0.2) is 64.7 Å². The number of hydrogen-bond acceptors (Lipinski definition) is 5. The van der Waals surface area contributed by atoms with Gasteiger partial charge in [0.15, 0.2) is 11.5 Å². The van der Waals surface area contributed by atoms with Crippen LogP contribution in [-0.2, 0) is 23.2 Å². The van der Waals surface area contributed by atoms with Crippen molar-refractivity contribution in [3.8, 4) is 11.5 Å². The Hall–Kier alpha value is -2.57. The molecule has 2 heterocycles. The Morgan fingerprint density at radius 3 is 2.72 bits per heavy atom. The fourth-order valence-electron chi connectivity index (χ4n) is 8.51. The van der Waals surface area contributed by atoms with Crippen molar-refractivity contribution in [2.75, 3.05) is 20.1 Å². The Labute approximate surface area is 213 Å². The van der Waals surface area contributed by atoms with E-state index in [1.54, 1.807) is 6.92 Å². The van der Waals surface area contributed by atoms with Crippen molar-refractivity contribution < 1.29 is 14.6 Å². The molecule has 1 spiro atoms. The first-order valence-corrected chi connectivity index (χ1v) is 13.7. The van der Waals surface area contributed by atoms with Gasteiger partial charge in [0.25, 0.3) is 0 Å². The number of amides is 1. The molecule has 2 aromatic rings. The summed E-state index contributed by atoms with van der Waals surface area (Å²) in [5.74, 6) is 1.74. The minimum atomic E-state index is -0.382. The molecule has 6 heteroatoms. The monoisotopic (exact) mass is 487 g/mol. The number of phenolic OH excluding ortho intramolecular Hbond substituents is 1. The van der Waals surface area contributed by atoms with Crippen molar-refractivity contribution in [1.29, 1.82) is 0 Å². The van der Waals surface area contributed by atoms with Gasteiger partial charge in [0, 0.05) is 37.7 Å². The fourth-order valence-corrected chi connectivity index (χ4v) is 8.51. The third-order valence-electron chi connectivity index (χ3n) is 10.0. The lowest BCUT2D eigenvalue weighted by Crippen LogP contribution is -2.82. The van der Waals surface area contributed by atoms with E-state index in [1.165, 1.54) is 29.5 Å². The van der Waals surface area contributed by atoms with Gasteiger partial charge in [-0.25, -0.2) is 0 Å². The fraction of sp³-hybridized carbons (Fsp3) is 0.567. The van der Waals surface area contributed by atoms with Crippen LogP contribution in [0.3, 0.4) is 0 Å². The number of piperidine rings is 1. The molecule has 190 valence electrons. The number of nitrogens with zero attached hydrogens (tertiary/aromatic N) is 2. The van der Waals surface area contributed by atoms with E-state index < -0.39 is 0 Å². The molecule has 2 bridgehead atoms. The van der Waals surface area contributed by atoms with Gasteiger partial charge in [-0.1, -0.05) is 36.4 Å². The summed E-state index contributed by atoms with van der Waals surface area (Å²) in [5, 5.41) is 14.6. The summed E-state index contributed by atoms with van der Waals surface area (Å²) < 4.78 is 6.85. The van der Waals surface area contributed by atoms with Gasteiger partial charge < -0.3 is 15.2 Å². The van der Waals surface area contributed by atoms with Crippen LogP contribution in [0, 0.1) is 5.92 Å². The zero-order valence-electron chi connectivity index (χ0n) is 21.4. The van der Waals surface area contributed by atoms with Crippen molar-refractivity contribution in [2.24, 2.45) is 5.92 Å². The van der Waals surface area contributed by atoms with E-state index >= 15 is 0 Å². The number of hydrogen-bond donors (Lipinski definition) is 2. The van der Waals surface area contributed by atoms with E-state index in [0.29, 0.717) is 5.75 Å². The quantitative estimate of drug-likeness (QED) is 0.652. The SMILES string of the molecule is CC(=O)N[C@@]12CC[C@@H](N(C)Cc3ccccc3)[C@@H]3Oc4c(O)ccc5c4[C@@]31CCN(CC1CC1)[C@@H]2C5. The van der Waals surface area contributed by atoms with Gasteiger partial charge in [0.1, 0.15) is 6.10 Å². The second kappa shape index (κ2) is 7.96. The van der Waals surface area contributed by atoms with E-state index in [9.17, 15) is 9.90 Å². The van der Waals surface area contributed by atoms with Crippen molar-refractivity contribution in [1.82, 2.24) is 15.1 Å². The molecule has 1 saturated heterocycles.